The summed E-state index contributed by atoms with van der Waals surface area (Å²) in [5.74, 6) is 0.867. The number of amidine groups is 1. The highest BCUT2D eigenvalue weighted by Crippen LogP contribution is 2.15. The van der Waals surface area contributed by atoms with E-state index in [2.05, 4.69) is 25.9 Å². The molecule has 0 fully saturated rings. The first-order valence-electron chi connectivity index (χ1n) is 5.05. The van der Waals surface area contributed by atoms with Gasteiger partial charge in [0.2, 0.25) is 11.2 Å². The number of halogens is 2. The van der Waals surface area contributed by atoms with E-state index >= 15 is 0 Å². The molecule has 18 heavy (non-hydrogen) atoms. The number of benzene rings is 1. The summed E-state index contributed by atoms with van der Waals surface area (Å²) in [7, 11) is 0. The highest BCUT2D eigenvalue weighted by atomic mass is 79.9. The average molecular weight is 327 g/mol. The summed E-state index contributed by atoms with van der Waals surface area (Å²) in [6, 6.07) is 11.0. The van der Waals surface area contributed by atoms with Crippen LogP contribution in [-0.4, -0.2) is 16.2 Å². The standard InChI is InChI=1S/C12H9BrClN3O/c13-8-6-10(16-7-8)11(17-12(14)15)18-9-4-2-1-3-5-9/h1-7,15-16H/b15-12?,17-11+. The largest absolute Gasteiger partial charge is 0.437 e. The predicted octanol–water partition coefficient (Wildman–Crippen LogP) is 3.78. The Bertz CT molecular complexity index is 580. The van der Waals surface area contributed by atoms with Crippen molar-refractivity contribution in [1.82, 2.24) is 4.98 Å². The first-order chi connectivity index (χ1) is 8.65. The molecule has 0 saturated heterocycles. The third-order valence-corrected chi connectivity index (χ3v) is 2.58. The zero-order valence-electron chi connectivity index (χ0n) is 9.15. The van der Waals surface area contributed by atoms with Gasteiger partial charge < -0.3 is 9.72 Å². The van der Waals surface area contributed by atoms with Crippen molar-refractivity contribution in [1.29, 1.82) is 5.41 Å². The molecule has 0 atom stereocenters. The molecule has 0 saturated carbocycles. The molecule has 0 aliphatic carbocycles. The molecule has 0 amide bonds. The number of nitrogens with one attached hydrogen (secondary N) is 2. The van der Waals surface area contributed by atoms with Gasteiger partial charge in [-0.2, -0.15) is 4.99 Å². The number of hydrogen-bond donors (Lipinski definition) is 2. The van der Waals surface area contributed by atoms with Gasteiger partial charge in [-0.1, -0.05) is 18.2 Å². The van der Waals surface area contributed by atoms with Crippen LogP contribution in [0.2, 0.25) is 0 Å². The normalized spacial score (nSPS) is 11.3. The monoisotopic (exact) mass is 325 g/mol. The highest BCUT2D eigenvalue weighted by molar-refractivity contribution is 9.10. The Hall–Kier alpha value is -1.59. The molecule has 1 heterocycles. The fraction of sp³-hybridized carbons (Fsp3) is 0. The Labute approximate surface area is 117 Å². The van der Waals surface area contributed by atoms with Gasteiger partial charge in [0.05, 0.1) is 0 Å². The molecule has 0 bridgehead atoms. The number of nitrogens with zero attached hydrogens (tertiary/aromatic N) is 1. The Morgan fingerprint density at radius 2 is 2.06 bits per heavy atom. The molecule has 2 aromatic rings. The zero-order chi connectivity index (χ0) is 13.0. The SMILES string of the molecule is N=C(Cl)/N=C(/Oc1ccccc1)c1cc(Br)c[nH]1. The molecule has 6 heteroatoms. The Kier molecular flexibility index (Phi) is 4.17. The van der Waals surface area contributed by atoms with Crippen molar-refractivity contribution in [2.45, 2.75) is 0 Å². The van der Waals surface area contributed by atoms with Gasteiger partial charge in [-0.15, -0.1) is 0 Å². The van der Waals surface area contributed by atoms with Crippen LogP contribution in [0.1, 0.15) is 5.69 Å². The van der Waals surface area contributed by atoms with E-state index in [0.717, 1.165) is 4.47 Å². The Balaban J connectivity index is 2.30. The average Bonchev–Trinajstić information content (AvgIpc) is 2.76. The summed E-state index contributed by atoms with van der Waals surface area (Å²) in [6.45, 7) is 0. The van der Waals surface area contributed by atoms with Crippen LogP contribution in [0.15, 0.2) is 52.1 Å². The van der Waals surface area contributed by atoms with Crippen molar-refractivity contribution >= 4 is 38.7 Å². The van der Waals surface area contributed by atoms with Gasteiger partial charge in [0.25, 0.3) is 0 Å². The van der Waals surface area contributed by atoms with Crippen LogP contribution < -0.4 is 4.74 Å². The van der Waals surface area contributed by atoms with Crippen molar-refractivity contribution in [3.63, 3.8) is 0 Å². The third-order valence-electron chi connectivity index (χ3n) is 2.04. The van der Waals surface area contributed by atoms with Crippen molar-refractivity contribution in [2.75, 3.05) is 0 Å². The van der Waals surface area contributed by atoms with Crippen molar-refractivity contribution in [3.8, 4) is 5.75 Å². The molecule has 0 aliphatic rings. The van der Waals surface area contributed by atoms with E-state index in [1.165, 1.54) is 0 Å². The van der Waals surface area contributed by atoms with Gasteiger partial charge in [0, 0.05) is 10.7 Å². The number of ether oxygens (including phenoxy) is 1. The van der Waals surface area contributed by atoms with Gasteiger partial charge in [0.1, 0.15) is 11.4 Å². The van der Waals surface area contributed by atoms with E-state index in [4.69, 9.17) is 21.7 Å². The number of H-pyrrole nitrogens is 1. The minimum Gasteiger partial charge on any atom is -0.437 e. The molecule has 1 aromatic heterocycles. The molecule has 2 N–H and O–H groups in total. The van der Waals surface area contributed by atoms with Crippen LogP contribution >= 0.6 is 27.5 Å². The molecular formula is C12H9BrClN3O. The maximum absolute atomic E-state index is 7.22. The van der Waals surface area contributed by atoms with Crippen LogP contribution in [0.4, 0.5) is 0 Å². The molecule has 0 radical (unpaired) electrons. The van der Waals surface area contributed by atoms with Crippen LogP contribution in [0.3, 0.4) is 0 Å². The van der Waals surface area contributed by atoms with Crippen LogP contribution in [0.5, 0.6) is 5.75 Å². The lowest BCUT2D eigenvalue weighted by Crippen LogP contribution is -2.12. The maximum Gasteiger partial charge on any atom is 0.246 e. The number of aromatic amines is 1. The lowest BCUT2D eigenvalue weighted by atomic mass is 10.3. The molecular weight excluding hydrogens is 318 g/mol. The van der Waals surface area contributed by atoms with Gasteiger partial charge >= 0.3 is 0 Å². The van der Waals surface area contributed by atoms with Crippen molar-refractivity contribution < 1.29 is 4.74 Å². The maximum atomic E-state index is 7.22. The lowest BCUT2D eigenvalue weighted by Gasteiger charge is -2.06. The lowest BCUT2D eigenvalue weighted by molar-refractivity contribution is 0.552. The predicted molar refractivity (Wildman–Crippen MR) is 75.7 cm³/mol. The Morgan fingerprint density at radius 1 is 1.33 bits per heavy atom. The first-order valence-corrected chi connectivity index (χ1v) is 6.22. The minimum absolute atomic E-state index is 0.243. The van der Waals surface area contributed by atoms with E-state index in [1.807, 2.05) is 18.2 Å². The molecule has 0 aliphatic heterocycles. The second-order valence-corrected chi connectivity index (χ2v) is 4.63. The number of hydrogen-bond acceptors (Lipinski definition) is 2. The summed E-state index contributed by atoms with van der Waals surface area (Å²) in [4.78, 5) is 6.82. The molecule has 0 unspecified atom stereocenters. The molecule has 1 aromatic carbocycles. The number of para-hydroxylation sites is 1. The molecule has 4 nitrogen and oxygen atoms in total. The second kappa shape index (κ2) is 5.84. The topological polar surface area (TPSA) is 61.2 Å². The van der Waals surface area contributed by atoms with E-state index in [9.17, 15) is 0 Å². The van der Waals surface area contributed by atoms with E-state index < -0.39 is 0 Å². The van der Waals surface area contributed by atoms with E-state index in [1.54, 1.807) is 24.4 Å². The van der Waals surface area contributed by atoms with Crippen molar-refractivity contribution in [3.05, 3.63) is 52.8 Å². The summed E-state index contributed by atoms with van der Waals surface area (Å²) in [5.41, 5.74) is 0.635. The fourth-order valence-electron chi connectivity index (χ4n) is 1.32. The number of aliphatic imine (C=N–C) groups is 1. The van der Waals surface area contributed by atoms with Gasteiger partial charge in [-0.3, -0.25) is 5.41 Å². The summed E-state index contributed by atoms with van der Waals surface area (Å²) < 4.78 is 6.46. The summed E-state index contributed by atoms with van der Waals surface area (Å²) in [6.07, 6.45) is 1.75. The van der Waals surface area contributed by atoms with E-state index in [-0.39, 0.29) is 11.2 Å². The second-order valence-electron chi connectivity index (χ2n) is 3.35. The van der Waals surface area contributed by atoms with Gasteiger partial charge in [-0.05, 0) is 45.7 Å². The highest BCUT2D eigenvalue weighted by Gasteiger charge is 2.09. The van der Waals surface area contributed by atoms with Crippen LogP contribution in [-0.2, 0) is 0 Å². The summed E-state index contributed by atoms with van der Waals surface area (Å²) in [5, 5.41) is 6.88. The minimum atomic E-state index is -0.341. The van der Waals surface area contributed by atoms with Crippen LogP contribution in [0, 0.1) is 5.41 Å². The van der Waals surface area contributed by atoms with Gasteiger partial charge in [0.15, 0.2) is 0 Å². The molecule has 0 spiro atoms. The summed E-state index contributed by atoms with van der Waals surface area (Å²) >= 11 is 8.81. The first kappa shape index (κ1) is 12.9. The zero-order valence-corrected chi connectivity index (χ0v) is 11.5. The van der Waals surface area contributed by atoms with Gasteiger partial charge in [-0.25, -0.2) is 0 Å². The molecule has 2 rings (SSSR count). The van der Waals surface area contributed by atoms with Crippen molar-refractivity contribution in [2.24, 2.45) is 4.99 Å². The number of aromatic nitrogens is 1. The van der Waals surface area contributed by atoms with E-state index in [0.29, 0.717) is 11.4 Å². The molecule has 92 valence electrons. The smallest absolute Gasteiger partial charge is 0.246 e. The third kappa shape index (κ3) is 3.45. The Morgan fingerprint density at radius 3 is 2.61 bits per heavy atom. The number of rotatable bonds is 2. The fourth-order valence-corrected chi connectivity index (χ4v) is 1.74. The van der Waals surface area contributed by atoms with Crippen LogP contribution in [0.25, 0.3) is 0 Å². The quantitative estimate of drug-likeness (QED) is 0.492.